The van der Waals surface area contributed by atoms with E-state index in [4.69, 9.17) is 4.74 Å². The number of pyridine rings is 1. The topological polar surface area (TPSA) is 76.6 Å². The molecule has 0 aromatic carbocycles. The minimum absolute atomic E-state index is 0.122. The third kappa shape index (κ3) is 2.44. The Kier molecular flexibility index (Phi) is 3.49. The molecule has 7 heteroatoms. The van der Waals surface area contributed by atoms with E-state index in [2.05, 4.69) is 4.98 Å². The minimum atomic E-state index is -3.47. The zero-order chi connectivity index (χ0) is 15.1. The van der Waals surface area contributed by atoms with Crippen LogP contribution in [0.4, 0.5) is 0 Å². The first-order chi connectivity index (χ1) is 9.99. The summed E-state index contributed by atoms with van der Waals surface area (Å²) in [6.07, 6.45) is 3.58. The highest BCUT2D eigenvalue weighted by atomic mass is 32.2. The van der Waals surface area contributed by atoms with Crippen LogP contribution in [0.1, 0.15) is 25.0 Å². The second kappa shape index (κ2) is 5.06. The van der Waals surface area contributed by atoms with Crippen LogP contribution >= 0.6 is 0 Å². The molecule has 1 spiro atoms. The minimum Gasteiger partial charge on any atom is -0.469 e. The Hall–Kier alpha value is -1.47. The van der Waals surface area contributed by atoms with E-state index in [9.17, 15) is 13.2 Å². The fraction of sp³-hybridized carbons (Fsp3) is 0.571. The molecule has 2 fully saturated rings. The summed E-state index contributed by atoms with van der Waals surface area (Å²) in [7, 11) is -2.12. The molecule has 2 aliphatic rings. The van der Waals surface area contributed by atoms with Crippen LogP contribution < -0.4 is 0 Å². The maximum absolute atomic E-state index is 12.6. The third-order valence-electron chi connectivity index (χ3n) is 4.41. The van der Waals surface area contributed by atoms with Crippen molar-refractivity contribution in [3.8, 4) is 0 Å². The molecule has 0 N–H and O–H groups in total. The summed E-state index contributed by atoms with van der Waals surface area (Å²) in [6, 6.07) is 5.22. The molecule has 1 unspecified atom stereocenters. The molecule has 6 nitrogen and oxygen atoms in total. The van der Waals surface area contributed by atoms with Crippen LogP contribution in [0.25, 0.3) is 0 Å². The lowest BCUT2D eigenvalue weighted by Crippen LogP contribution is -2.42. The van der Waals surface area contributed by atoms with Crippen molar-refractivity contribution >= 4 is 16.0 Å². The van der Waals surface area contributed by atoms with Gasteiger partial charge in [-0.25, -0.2) is 8.42 Å². The second-order valence-electron chi connectivity index (χ2n) is 5.62. The van der Waals surface area contributed by atoms with Gasteiger partial charge < -0.3 is 4.74 Å². The molecule has 1 aliphatic carbocycles. The van der Waals surface area contributed by atoms with E-state index in [-0.39, 0.29) is 17.6 Å². The molecule has 114 valence electrons. The molecule has 0 bridgehead atoms. The van der Waals surface area contributed by atoms with Gasteiger partial charge in [-0.3, -0.25) is 9.78 Å². The average molecular weight is 310 g/mol. The smallest absolute Gasteiger partial charge is 0.310 e. The molecular weight excluding hydrogens is 292 g/mol. The second-order valence-corrected chi connectivity index (χ2v) is 7.51. The summed E-state index contributed by atoms with van der Waals surface area (Å²) in [5, 5.41) is 0. The lowest BCUT2D eigenvalue weighted by Gasteiger charge is -2.26. The van der Waals surface area contributed by atoms with Crippen molar-refractivity contribution in [2.24, 2.45) is 5.92 Å². The van der Waals surface area contributed by atoms with Gasteiger partial charge in [-0.15, -0.1) is 0 Å². The van der Waals surface area contributed by atoms with Gasteiger partial charge in [-0.2, -0.15) is 4.31 Å². The molecule has 0 amide bonds. The van der Waals surface area contributed by atoms with Crippen LogP contribution in [0, 0.1) is 5.92 Å². The van der Waals surface area contributed by atoms with Crippen molar-refractivity contribution in [1.29, 1.82) is 0 Å². The van der Waals surface area contributed by atoms with Crippen molar-refractivity contribution in [3.05, 3.63) is 30.1 Å². The molecule has 1 saturated carbocycles. The number of nitrogens with zero attached hydrogens (tertiary/aromatic N) is 2. The molecule has 1 saturated heterocycles. The fourth-order valence-electron chi connectivity index (χ4n) is 3.28. The van der Waals surface area contributed by atoms with Crippen molar-refractivity contribution in [2.75, 3.05) is 13.7 Å². The first-order valence-electron chi connectivity index (χ1n) is 6.98. The van der Waals surface area contributed by atoms with Gasteiger partial charge in [0.05, 0.1) is 18.7 Å². The van der Waals surface area contributed by atoms with Crippen LogP contribution in [0.5, 0.6) is 0 Å². The van der Waals surface area contributed by atoms with Crippen LogP contribution in [0.3, 0.4) is 0 Å². The lowest BCUT2D eigenvalue weighted by atomic mass is 9.99. The number of rotatable bonds is 4. The standard InChI is InChI=1S/C14H18N2O4S/c1-20-13(17)12-5-9-16(14(12)6-7-14)21(18,19)10-11-4-2-3-8-15-11/h2-4,8,12H,5-7,9-10H2,1H3. The number of aromatic nitrogens is 1. The molecule has 1 atom stereocenters. The van der Waals surface area contributed by atoms with Crippen molar-refractivity contribution < 1.29 is 17.9 Å². The number of hydrogen-bond donors (Lipinski definition) is 0. The summed E-state index contributed by atoms with van der Waals surface area (Å²) < 4.78 is 31.6. The van der Waals surface area contributed by atoms with Crippen LogP contribution in [-0.4, -0.2) is 42.9 Å². The summed E-state index contributed by atoms with van der Waals surface area (Å²) in [6.45, 7) is 0.384. The number of methoxy groups -OCH3 is 1. The number of esters is 1. The largest absolute Gasteiger partial charge is 0.469 e. The van der Waals surface area contributed by atoms with E-state index in [0.29, 0.717) is 18.7 Å². The maximum Gasteiger partial charge on any atom is 0.310 e. The zero-order valence-electron chi connectivity index (χ0n) is 11.9. The predicted molar refractivity (Wildman–Crippen MR) is 75.7 cm³/mol. The van der Waals surface area contributed by atoms with Gasteiger partial charge in [-0.1, -0.05) is 6.07 Å². The Bertz CT molecular complexity index is 640. The first-order valence-corrected chi connectivity index (χ1v) is 8.59. The van der Waals surface area contributed by atoms with Gasteiger partial charge >= 0.3 is 5.97 Å². The quantitative estimate of drug-likeness (QED) is 0.774. The highest BCUT2D eigenvalue weighted by Crippen LogP contribution is 2.55. The van der Waals surface area contributed by atoms with Crippen LogP contribution in [0.15, 0.2) is 24.4 Å². The fourth-order valence-corrected chi connectivity index (χ4v) is 5.23. The van der Waals surface area contributed by atoms with E-state index in [1.807, 2.05) is 0 Å². The molecule has 2 heterocycles. The summed E-state index contributed by atoms with van der Waals surface area (Å²) in [4.78, 5) is 15.9. The van der Waals surface area contributed by atoms with Gasteiger partial charge in [0.2, 0.25) is 10.0 Å². The predicted octanol–water partition coefficient (Wildman–Crippen LogP) is 0.939. The monoisotopic (exact) mass is 310 g/mol. The van der Waals surface area contributed by atoms with Gasteiger partial charge in [0.1, 0.15) is 5.75 Å². The Labute approximate surface area is 124 Å². The Morgan fingerprint density at radius 2 is 2.24 bits per heavy atom. The van der Waals surface area contributed by atoms with Gasteiger partial charge in [0, 0.05) is 18.3 Å². The SMILES string of the molecule is COC(=O)C1CCN(S(=O)(=O)Cc2ccccn2)C12CC2. The molecule has 21 heavy (non-hydrogen) atoms. The molecule has 1 aliphatic heterocycles. The molecule has 0 radical (unpaired) electrons. The molecule has 3 rings (SSSR count). The van der Waals surface area contributed by atoms with Crippen molar-refractivity contribution in [1.82, 2.24) is 9.29 Å². The summed E-state index contributed by atoms with van der Waals surface area (Å²) in [5.74, 6) is -0.757. The number of sulfonamides is 1. The molecule has 1 aromatic rings. The highest BCUT2D eigenvalue weighted by Gasteiger charge is 2.63. The van der Waals surface area contributed by atoms with E-state index in [0.717, 1.165) is 12.8 Å². The van der Waals surface area contributed by atoms with E-state index in [1.165, 1.54) is 11.4 Å². The highest BCUT2D eigenvalue weighted by molar-refractivity contribution is 7.88. The van der Waals surface area contributed by atoms with Crippen LogP contribution in [0.2, 0.25) is 0 Å². The van der Waals surface area contributed by atoms with Gasteiger partial charge in [-0.05, 0) is 31.4 Å². The van der Waals surface area contributed by atoms with E-state index >= 15 is 0 Å². The summed E-state index contributed by atoms with van der Waals surface area (Å²) >= 11 is 0. The van der Waals surface area contributed by atoms with E-state index in [1.54, 1.807) is 24.4 Å². The molecule has 1 aromatic heterocycles. The maximum atomic E-state index is 12.6. The average Bonchev–Trinajstić information content (AvgIpc) is 3.12. The Morgan fingerprint density at radius 3 is 2.81 bits per heavy atom. The zero-order valence-corrected chi connectivity index (χ0v) is 12.7. The van der Waals surface area contributed by atoms with Crippen molar-refractivity contribution in [3.63, 3.8) is 0 Å². The third-order valence-corrected chi connectivity index (χ3v) is 6.28. The first kappa shape index (κ1) is 14.5. The van der Waals surface area contributed by atoms with Crippen LogP contribution in [-0.2, 0) is 25.3 Å². The lowest BCUT2D eigenvalue weighted by molar-refractivity contribution is -0.146. The van der Waals surface area contributed by atoms with Gasteiger partial charge in [0.25, 0.3) is 0 Å². The van der Waals surface area contributed by atoms with Crippen molar-refractivity contribution in [2.45, 2.75) is 30.6 Å². The van der Waals surface area contributed by atoms with E-state index < -0.39 is 15.6 Å². The number of hydrogen-bond acceptors (Lipinski definition) is 5. The summed E-state index contributed by atoms with van der Waals surface area (Å²) in [5.41, 5.74) is -0.0180. The Morgan fingerprint density at radius 1 is 1.48 bits per heavy atom. The Balaban J connectivity index is 1.83. The number of carbonyl (C=O) groups is 1. The van der Waals surface area contributed by atoms with Gasteiger partial charge in [0.15, 0.2) is 0 Å². The number of carbonyl (C=O) groups excluding carboxylic acids is 1. The normalized spacial score (nSPS) is 24.1. The molecular formula is C14H18N2O4S. The number of ether oxygens (including phenoxy) is 1.